The highest BCUT2D eigenvalue weighted by Gasteiger charge is 2.27. The molecule has 0 radical (unpaired) electrons. The average Bonchev–Trinajstić information content (AvgIpc) is 2.67. The molecule has 1 atom stereocenters. The van der Waals surface area contributed by atoms with E-state index in [9.17, 15) is 8.42 Å². The van der Waals surface area contributed by atoms with Crippen LogP contribution in [0.15, 0.2) is 4.99 Å². The molecule has 0 spiro atoms. The predicted octanol–water partition coefficient (Wildman–Crippen LogP) is 0.324. The topological polar surface area (TPSA) is 86.3 Å². The summed E-state index contributed by atoms with van der Waals surface area (Å²) in [4.78, 5) is 7.20. The van der Waals surface area contributed by atoms with Gasteiger partial charge in [0.1, 0.15) is 0 Å². The number of nitrogens with one attached hydrogen (secondary N) is 2. The second-order valence-corrected chi connectivity index (χ2v) is 9.71. The first-order chi connectivity index (χ1) is 12.9. The van der Waals surface area contributed by atoms with Crippen molar-refractivity contribution in [1.82, 2.24) is 19.8 Å². The van der Waals surface area contributed by atoms with Crippen LogP contribution in [0.2, 0.25) is 0 Å². The monoisotopic (exact) mass is 403 g/mol. The molecular formula is C18H37N5O3S. The van der Waals surface area contributed by atoms with Gasteiger partial charge in [-0.2, -0.15) is 0 Å². The van der Waals surface area contributed by atoms with Gasteiger partial charge in [-0.3, -0.25) is 9.89 Å². The number of nitrogens with zero attached hydrogens (tertiary/aromatic N) is 3. The molecule has 0 aromatic heterocycles. The van der Waals surface area contributed by atoms with E-state index in [1.54, 1.807) is 11.2 Å². The van der Waals surface area contributed by atoms with Gasteiger partial charge in [0.2, 0.25) is 10.0 Å². The van der Waals surface area contributed by atoms with E-state index in [4.69, 9.17) is 9.73 Å². The Morgan fingerprint density at radius 1 is 1.19 bits per heavy atom. The number of morpholine rings is 1. The fourth-order valence-electron chi connectivity index (χ4n) is 3.50. The first kappa shape index (κ1) is 22.4. The SMILES string of the molecule is CCNC(=NCC(C)CN1CCOCC1)NC1CCN(S(=O)(=O)CC)CC1. The maximum absolute atomic E-state index is 12.0. The van der Waals surface area contributed by atoms with Crippen LogP contribution in [-0.2, 0) is 14.8 Å². The number of rotatable bonds is 8. The summed E-state index contributed by atoms with van der Waals surface area (Å²) in [5.74, 6) is 1.49. The molecule has 2 rings (SSSR count). The lowest BCUT2D eigenvalue weighted by Gasteiger charge is -2.32. The van der Waals surface area contributed by atoms with E-state index in [1.807, 2.05) is 0 Å². The minimum Gasteiger partial charge on any atom is -0.379 e. The van der Waals surface area contributed by atoms with Gasteiger partial charge >= 0.3 is 0 Å². The Morgan fingerprint density at radius 3 is 2.44 bits per heavy atom. The van der Waals surface area contributed by atoms with Gasteiger partial charge in [0.05, 0.1) is 19.0 Å². The van der Waals surface area contributed by atoms with E-state index < -0.39 is 10.0 Å². The molecule has 2 aliphatic heterocycles. The highest BCUT2D eigenvalue weighted by Crippen LogP contribution is 2.14. The third-order valence-corrected chi connectivity index (χ3v) is 7.01. The molecule has 0 bridgehead atoms. The summed E-state index contributed by atoms with van der Waals surface area (Å²) in [7, 11) is -3.07. The number of guanidine groups is 1. The summed E-state index contributed by atoms with van der Waals surface area (Å²) in [5, 5.41) is 6.80. The number of sulfonamides is 1. The van der Waals surface area contributed by atoms with Crippen LogP contribution in [-0.4, -0.2) is 94.4 Å². The van der Waals surface area contributed by atoms with Crippen LogP contribution < -0.4 is 10.6 Å². The van der Waals surface area contributed by atoms with Crippen molar-refractivity contribution in [2.45, 2.75) is 39.7 Å². The molecule has 2 N–H and O–H groups in total. The standard InChI is InChI=1S/C18H37N5O3S/c1-4-19-18(20-14-16(3)15-22-10-12-26-13-11-22)21-17-6-8-23(9-7-17)27(24,25)5-2/h16-17H,4-15H2,1-3H3,(H2,19,20,21). The van der Waals surface area contributed by atoms with Gasteiger partial charge in [0, 0.05) is 51.9 Å². The predicted molar refractivity (Wildman–Crippen MR) is 110 cm³/mol. The van der Waals surface area contributed by atoms with Crippen LogP contribution in [0.3, 0.4) is 0 Å². The Kier molecular flexibility index (Phi) is 9.28. The molecule has 1 unspecified atom stereocenters. The number of piperidine rings is 1. The maximum Gasteiger partial charge on any atom is 0.213 e. The summed E-state index contributed by atoms with van der Waals surface area (Å²) in [5.41, 5.74) is 0. The zero-order chi connectivity index (χ0) is 19.7. The largest absolute Gasteiger partial charge is 0.379 e. The van der Waals surface area contributed by atoms with Crippen molar-refractivity contribution in [3.63, 3.8) is 0 Å². The molecule has 0 saturated carbocycles. The third-order valence-electron chi connectivity index (χ3n) is 5.13. The lowest BCUT2D eigenvalue weighted by molar-refractivity contribution is 0.0323. The van der Waals surface area contributed by atoms with E-state index in [-0.39, 0.29) is 11.8 Å². The van der Waals surface area contributed by atoms with Crippen molar-refractivity contribution in [2.24, 2.45) is 10.9 Å². The van der Waals surface area contributed by atoms with Gasteiger partial charge in [0.15, 0.2) is 5.96 Å². The van der Waals surface area contributed by atoms with Crippen molar-refractivity contribution < 1.29 is 13.2 Å². The van der Waals surface area contributed by atoms with E-state index in [0.29, 0.717) is 19.0 Å². The van der Waals surface area contributed by atoms with Crippen molar-refractivity contribution in [2.75, 3.05) is 64.8 Å². The summed E-state index contributed by atoms with van der Waals surface area (Å²) in [6.45, 7) is 13.5. The number of ether oxygens (including phenoxy) is 1. The number of hydrogen-bond donors (Lipinski definition) is 2. The van der Waals surface area contributed by atoms with E-state index in [1.165, 1.54) is 0 Å². The smallest absolute Gasteiger partial charge is 0.213 e. The molecule has 27 heavy (non-hydrogen) atoms. The highest BCUT2D eigenvalue weighted by molar-refractivity contribution is 7.89. The summed E-state index contributed by atoms with van der Waals surface area (Å²) in [6, 6.07) is 0.264. The summed E-state index contributed by atoms with van der Waals surface area (Å²) >= 11 is 0. The molecule has 2 fully saturated rings. The van der Waals surface area contributed by atoms with Crippen molar-refractivity contribution in [1.29, 1.82) is 0 Å². The van der Waals surface area contributed by atoms with Crippen molar-refractivity contribution in [3.05, 3.63) is 0 Å². The second-order valence-electron chi connectivity index (χ2n) is 7.46. The van der Waals surface area contributed by atoms with Gasteiger partial charge < -0.3 is 15.4 Å². The zero-order valence-electron chi connectivity index (χ0n) is 17.1. The first-order valence-electron chi connectivity index (χ1n) is 10.3. The summed E-state index contributed by atoms with van der Waals surface area (Å²) < 4.78 is 31.0. The molecule has 8 nitrogen and oxygen atoms in total. The first-order valence-corrected chi connectivity index (χ1v) is 11.9. The van der Waals surface area contributed by atoms with Gasteiger partial charge in [-0.15, -0.1) is 0 Å². The van der Waals surface area contributed by atoms with Crippen LogP contribution >= 0.6 is 0 Å². The van der Waals surface area contributed by atoms with E-state index in [2.05, 4.69) is 29.4 Å². The quantitative estimate of drug-likeness (QED) is 0.449. The lowest BCUT2D eigenvalue weighted by Crippen LogP contribution is -2.50. The van der Waals surface area contributed by atoms with Crippen molar-refractivity contribution >= 4 is 16.0 Å². The Hall–Kier alpha value is -0.900. The highest BCUT2D eigenvalue weighted by atomic mass is 32.2. The number of aliphatic imine (C=N–C) groups is 1. The fraction of sp³-hybridized carbons (Fsp3) is 0.944. The van der Waals surface area contributed by atoms with Crippen LogP contribution in [0.1, 0.15) is 33.6 Å². The Morgan fingerprint density at radius 2 is 1.85 bits per heavy atom. The second kappa shape index (κ2) is 11.2. The molecule has 9 heteroatoms. The molecular weight excluding hydrogens is 366 g/mol. The number of hydrogen-bond acceptors (Lipinski definition) is 5. The van der Waals surface area contributed by atoms with Gasteiger partial charge in [-0.25, -0.2) is 12.7 Å². The van der Waals surface area contributed by atoms with Crippen molar-refractivity contribution in [3.8, 4) is 0 Å². The van der Waals surface area contributed by atoms with Crippen LogP contribution in [0.5, 0.6) is 0 Å². The molecule has 2 saturated heterocycles. The molecule has 2 aliphatic rings. The minimum atomic E-state index is -3.07. The fourth-order valence-corrected chi connectivity index (χ4v) is 4.64. The van der Waals surface area contributed by atoms with Gasteiger partial charge in [-0.1, -0.05) is 6.92 Å². The molecule has 158 valence electrons. The molecule has 0 aliphatic carbocycles. The maximum atomic E-state index is 12.0. The van der Waals surface area contributed by atoms with Crippen LogP contribution in [0.25, 0.3) is 0 Å². The molecule has 0 aromatic carbocycles. The summed E-state index contributed by atoms with van der Waals surface area (Å²) in [6.07, 6.45) is 1.62. The lowest BCUT2D eigenvalue weighted by atomic mass is 10.1. The molecule has 0 amide bonds. The normalized spacial score (nSPS) is 22.6. The average molecular weight is 404 g/mol. The Bertz CT molecular complexity index is 555. The Labute approximate surface area is 164 Å². The van der Waals surface area contributed by atoms with Gasteiger partial charge in [-0.05, 0) is 32.6 Å². The van der Waals surface area contributed by atoms with Crippen LogP contribution in [0.4, 0.5) is 0 Å². The molecule has 2 heterocycles. The minimum absolute atomic E-state index is 0.177. The molecule has 0 aromatic rings. The van der Waals surface area contributed by atoms with E-state index >= 15 is 0 Å². The zero-order valence-corrected chi connectivity index (χ0v) is 17.9. The van der Waals surface area contributed by atoms with E-state index in [0.717, 1.165) is 64.7 Å². The van der Waals surface area contributed by atoms with Gasteiger partial charge in [0.25, 0.3) is 0 Å². The third kappa shape index (κ3) is 7.56. The van der Waals surface area contributed by atoms with Crippen LogP contribution in [0, 0.1) is 5.92 Å². The Balaban J connectivity index is 1.79.